The third-order valence-corrected chi connectivity index (χ3v) is 4.44. The van der Waals surface area contributed by atoms with E-state index in [2.05, 4.69) is 5.32 Å². The molecule has 0 aliphatic rings. The van der Waals surface area contributed by atoms with Gasteiger partial charge in [-0.05, 0) is 29.7 Å². The lowest BCUT2D eigenvalue weighted by atomic mass is 9.99. The number of esters is 1. The average molecular weight is 387 g/mol. The smallest absolute Gasteiger partial charge is 0.338 e. The standard InChI is InChI=1S/C24H21NO4/c26-16-19-11-13-21(14-12-19)24(28)29-17-23(27)25-22(20-9-5-2-6-10-20)15-18-7-3-1-4-8-18/h1-14,16,22H,15,17H2,(H,25,27)/t22-/m0/s1. The molecule has 0 saturated heterocycles. The number of amides is 1. The van der Waals surface area contributed by atoms with Crippen molar-refractivity contribution in [1.82, 2.24) is 5.32 Å². The van der Waals surface area contributed by atoms with Crippen LogP contribution >= 0.6 is 0 Å². The van der Waals surface area contributed by atoms with Gasteiger partial charge in [0.1, 0.15) is 6.29 Å². The molecule has 1 N–H and O–H groups in total. The predicted molar refractivity (Wildman–Crippen MR) is 110 cm³/mol. The second-order valence-electron chi connectivity index (χ2n) is 6.54. The summed E-state index contributed by atoms with van der Waals surface area (Å²) in [6, 6.07) is 25.3. The van der Waals surface area contributed by atoms with Crippen molar-refractivity contribution < 1.29 is 19.1 Å². The van der Waals surface area contributed by atoms with Gasteiger partial charge in [-0.15, -0.1) is 0 Å². The highest BCUT2D eigenvalue weighted by Gasteiger charge is 2.17. The molecule has 3 rings (SSSR count). The monoisotopic (exact) mass is 387 g/mol. The van der Waals surface area contributed by atoms with Crippen molar-refractivity contribution in [3.8, 4) is 0 Å². The van der Waals surface area contributed by atoms with Crippen molar-refractivity contribution >= 4 is 18.2 Å². The highest BCUT2D eigenvalue weighted by Crippen LogP contribution is 2.18. The van der Waals surface area contributed by atoms with Crippen LogP contribution in [0.1, 0.15) is 37.9 Å². The summed E-state index contributed by atoms with van der Waals surface area (Å²) in [5, 5.41) is 2.94. The van der Waals surface area contributed by atoms with Gasteiger partial charge >= 0.3 is 5.97 Å². The van der Waals surface area contributed by atoms with Crippen LogP contribution in [0.25, 0.3) is 0 Å². The van der Waals surface area contributed by atoms with Crippen molar-refractivity contribution in [1.29, 1.82) is 0 Å². The first-order chi connectivity index (χ1) is 14.2. The summed E-state index contributed by atoms with van der Waals surface area (Å²) >= 11 is 0. The van der Waals surface area contributed by atoms with Gasteiger partial charge in [-0.1, -0.05) is 72.8 Å². The first kappa shape index (κ1) is 20.0. The van der Waals surface area contributed by atoms with Gasteiger partial charge < -0.3 is 10.1 Å². The molecule has 0 fully saturated rings. The van der Waals surface area contributed by atoms with Gasteiger partial charge in [0.25, 0.3) is 5.91 Å². The number of hydrogen-bond acceptors (Lipinski definition) is 4. The molecule has 1 atom stereocenters. The minimum Gasteiger partial charge on any atom is -0.452 e. The van der Waals surface area contributed by atoms with Crippen LogP contribution in [0.3, 0.4) is 0 Å². The molecule has 0 aromatic heterocycles. The minimum atomic E-state index is -0.614. The van der Waals surface area contributed by atoms with Crippen molar-refractivity contribution in [2.24, 2.45) is 0 Å². The quantitative estimate of drug-likeness (QED) is 0.472. The Morgan fingerprint density at radius 2 is 1.48 bits per heavy atom. The Morgan fingerprint density at radius 1 is 0.862 bits per heavy atom. The summed E-state index contributed by atoms with van der Waals surface area (Å²) in [5.74, 6) is -0.996. The SMILES string of the molecule is O=Cc1ccc(C(=O)OCC(=O)N[C@@H](Cc2ccccc2)c2ccccc2)cc1. The number of nitrogens with one attached hydrogen (secondary N) is 1. The third-order valence-electron chi connectivity index (χ3n) is 4.44. The van der Waals surface area contributed by atoms with Gasteiger partial charge in [-0.2, -0.15) is 0 Å². The molecule has 0 heterocycles. The molecule has 0 bridgehead atoms. The lowest BCUT2D eigenvalue weighted by molar-refractivity contribution is -0.125. The summed E-state index contributed by atoms with van der Waals surface area (Å²) < 4.78 is 5.11. The molecule has 29 heavy (non-hydrogen) atoms. The minimum absolute atomic E-state index is 0.239. The van der Waals surface area contributed by atoms with Crippen LogP contribution in [0, 0.1) is 0 Å². The van der Waals surface area contributed by atoms with Gasteiger partial charge in [0.15, 0.2) is 6.61 Å². The van der Waals surface area contributed by atoms with Crippen LogP contribution in [0.2, 0.25) is 0 Å². The molecule has 3 aromatic rings. The number of hydrogen-bond donors (Lipinski definition) is 1. The van der Waals surface area contributed by atoms with E-state index in [1.54, 1.807) is 0 Å². The largest absolute Gasteiger partial charge is 0.452 e. The lowest BCUT2D eigenvalue weighted by Crippen LogP contribution is -2.33. The summed E-state index contributed by atoms with van der Waals surface area (Å²) in [6.07, 6.45) is 1.32. The molecule has 0 radical (unpaired) electrons. The maximum absolute atomic E-state index is 12.4. The molecule has 1 amide bonds. The number of carbonyl (C=O) groups excluding carboxylic acids is 3. The summed E-state index contributed by atoms with van der Waals surface area (Å²) in [6.45, 7) is -0.383. The number of aldehydes is 1. The Kier molecular flexibility index (Phi) is 6.90. The van der Waals surface area contributed by atoms with Gasteiger partial charge in [0.05, 0.1) is 11.6 Å². The Labute approximate surface area is 169 Å². The topological polar surface area (TPSA) is 72.5 Å². The fourth-order valence-corrected chi connectivity index (χ4v) is 2.94. The highest BCUT2D eigenvalue weighted by atomic mass is 16.5. The Balaban J connectivity index is 1.61. The van der Waals surface area contributed by atoms with Crippen LogP contribution in [0.4, 0.5) is 0 Å². The number of ether oxygens (including phenoxy) is 1. The van der Waals surface area contributed by atoms with E-state index in [1.165, 1.54) is 24.3 Å². The molecular formula is C24H21NO4. The second kappa shape index (κ2) is 9.99. The summed E-state index contributed by atoms with van der Waals surface area (Å²) in [5.41, 5.74) is 2.81. The van der Waals surface area contributed by atoms with Crippen LogP contribution in [-0.2, 0) is 16.0 Å². The molecular weight excluding hydrogens is 366 g/mol. The first-order valence-corrected chi connectivity index (χ1v) is 9.26. The molecule has 0 aliphatic heterocycles. The fourth-order valence-electron chi connectivity index (χ4n) is 2.94. The molecule has 0 unspecified atom stereocenters. The zero-order valence-electron chi connectivity index (χ0n) is 15.8. The second-order valence-corrected chi connectivity index (χ2v) is 6.54. The van der Waals surface area contributed by atoms with E-state index in [1.807, 2.05) is 60.7 Å². The average Bonchev–Trinajstić information content (AvgIpc) is 2.78. The van der Waals surface area contributed by atoms with E-state index in [9.17, 15) is 14.4 Å². The van der Waals surface area contributed by atoms with E-state index in [0.29, 0.717) is 18.3 Å². The molecule has 0 spiro atoms. The van der Waals surface area contributed by atoms with E-state index < -0.39 is 5.97 Å². The number of benzene rings is 3. The van der Waals surface area contributed by atoms with E-state index >= 15 is 0 Å². The van der Waals surface area contributed by atoms with Crippen molar-refractivity contribution in [3.63, 3.8) is 0 Å². The molecule has 0 saturated carbocycles. The fraction of sp³-hybridized carbons (Fsp3) is 0.125. The van der Waals surface area contributed by atoms with E-state index in [-0.39, 0.29) is 24.1 Å². The van der Waals surface area contributed by atoms with Crippen LogP contribution in [0.5, 0.6) is 0 Å². The molecule has 3 aromatic carbocycles. The molecule has 0 aliphatic carbocycles. The van der Waals surface area contributed by atoms with Gasteiger partial charge in [0.2, 0.25) is 0 Å². The summed E-state index contributed by atoms with van der Waals surface area (Å²) in [7, 11) is 0. The predicted octanol–water partition coefficient (Wildman–Crippen LogP) is 3.76. The first-order valence-electron chi connectivity index (χ1n) is 9.26. The maximum atomic E-state index is 12.4. The Hall–Kier alpha value is -3.73. The highest BCUT2D eigenvalue weighted by molar-refractivity contribution is 5.92. The Bertz CT molecular complexity index is 953. The van der Waals surface area contributed by atoms with Gasteiger partial charge in [-0.3, -0.25) is 9.59 Å². The zero-order chi connectivity index (χ0) is 20.5. The third kappa shape index (κ3) is 5.87. The maximum Gasteiger partial charge on any atom is 0.338 e. The van der Waals surface area contributed by atoms with E-state index in [4.69, 9.17) is 4.74 Å². The number of carbonyl (C=O) groups is 3. The molecule has 146 valence electrons. The van der Waals surface area contributed by atoms with Crippen molar-refractivity contribution in [2.45, 2.75) is 12.5 Å². The summed E-state index contributed by atoms with van der Waals surface area (Å²) in [4.78, 5) is 35.2. The van der Waals surface area contributed by atoms with Crippen LogP contribution in [-0.4, -0.2) is 24.8 Å². The van der Waals surface area contributed by atoms with Crippen LogP contribution < -0.4 is 5.32 Å². The Morgan fingerprint density at radius 3 is 2.10 bits per heavy atom. The van der Waals surface area contributed by atoms with E-state index in [0.717, 1.165) is 11.1 Å². The normalized spacial score (nSPS) is 11.3. The van der Waals surface area contributed by atoms with Crippen molar-refractivity contribution in [3.05, 3.63) is 107 Å². The van der Waals surface area contributed by atoms with Gasteiger partial charge in [0, 0.05) is 5.56 Å². The zero-order valence-corrected chi connectivity index (χ0v) is 15.8. The van der Waals surface area contributed by atoms with Crippen LogP contribution in [0.15, 0.2) is 84.9 Å². The number of rotatable bonds is 8. The molecule has 5 nitrogen and oxygen atoms in total. The molecule has 5 heteroatoms. The van der Waals surface area contributed by atoms with Crippen molar-refractivity contribution in [2.75, 3.05) is 6.61 Å². The van der Waals surface area contributed by atoms with Gasteiger partial charge in [-0.25, -0.2) is 4.79 Å². The lowest BCUT2D eigenvalue weighted by Gasteiger charge is -2.19.